The Bertz CT molecular complexity index is 1270. The molecule has 158 valence electrons. The minimum Gasteiger partial charge on any atom is -0.256 e. The number of hydrogen-bond donors (Lipinski definition) is 0. The summed E-state index contributed by atoms with van der Waals surface area (Å²) in [7, 11) is 0. The van der Waals surface area contributed by atoms with Gasteiger partial charge in [0.2, 0.25) is 0 Å². The van der Waals surface area contributed by atoms with E-state index in [2.05, 4.69) is 77.1 Å². The van der Waals surface area contributed by atoms with Crippen LogP contribution in [0.4, 0.5) is 0 Å². The standard InChI is InChI=1S/C29H32N2/c1-18-14-19(2)16-22(15-18)27-23-6-7-24-26(21-8-11-29(4,5)12-9-21)17-20(3)31-28(24)25(23)10-13-30-27/h6-7,10,13-17,21H,8-9,11-12H2,1-5H3. The molecule has 0 radical (unpaired) electrons. The highest BCUT2D eigenvalue weighted by Crippen LogP contribution is 2.44. The van der Waals surface area contributed by atoms with Crippen molar-refractivity contribution in [3.8, 4) is 11.3 Å². The molecule has 1 aliphatic rings. The molecular formula is C29H32N2. The maximum absolute atomic E-state index is 5.03. The third-order valence-corrected chi connectivity index (χ3v) is 7.15. The van der Waals surface area contributed by atoms with E-state index in [9.17, 15) is 0 Å². The van der Waals surface area contributed by atoms with Gasteiger partial charge in [0, 0.05) is 33.6 Å². The predicted molar refractivity (Wildman–Crippen MR) is 132 cm³/mol. The van der Waals surface area contributed by atoms with E-state index >= 15 is 0 Å². The summed E-state index contributed by atoms with van der Waals surface area (Å²) in [6.07, 6.45) is 7.09. The lowest BCUT2D eigenvalue weighted by Gasteiger charge is -2.35. The van der Waals surface area contributed by atoms with E-state index in [4.69, 9.17) is 9.97 Å². The van der Waals surface area contributed by atoms with E-state index in [1.165, 1.54) is 64.1 Å². The molecular weight excluding hydrogens is 376 g/mol. The first-order valence-electron chi connectivity index (χ1n) is 11.6. The van der Waals surface area contributed by atoms with Gasteiger partial charge in [-0.2, -0.15) is 0 Å². The SMILES string of the molecule is Cc1cc(C)cc(-c2nccc3c2ccc2c(C4CCC(C)(C)CC4)cc(C)nc23)c1. The molecule has 2 heterocycles. The Hall–Kier alpha value is -2.74. The lowest BCUT2D eigenvalue weighted by molar-refractivity contribution is 0.225. The molecule has 4 aromatic rings. The van der Waals surface area contributed by atoms with Crippen LogP contribution in [0.2, 0.25) is 0 Å². The van der Waals surface area contributed by atoms with Crippen LogP contribution in [0.5, 0.6) is 0 Å². The molecule has 2 nitrogen and oxygen atoms in total. The van der Waals surface area contributed by atoms with Crippen LogP contribution < -0.4 is 0 Å². The van der Waals surface area contributed by atoms with Gasteiger partial charge in [0.25, 0.3) is 0 Å². The molecule has 1 saturated carbocycles. The molecule has 1 aliphatic carbocycles. The third-order valence-electron chi connectivity index (χ3n) is 7.15. The second kappa shape index (κ2) is 7.44. The van der Waals surface area contributed by atoms with E-state index in [-0.39, 0.29) is 0 Å². The number of rotatable bonds is 2. The van der Waals surface area contributed by atoms with Crippen LogP contribution in [-0.2, 0) is 0 Å². The average Bonchev–Trinajstić information content (AvgIpc) is 2.72. The van der Waals surface area contributed by atoms with Crippen molar-refractivity contribution in [3.63, 3.8) is 0 Å². The highest BCUT2D eigenvalue weighted by molar-refractivity contribution is 6.10. The third kappa shape index (κ3) is 3.73. The van der Waals surface area contributed by atoms with Crippen molar-refractivity contribution in [1.29, 1.82) is 0 Å². The molecule has 0 spiro atoms. The first-order chi connectivity index (χ1) is 14.8. The molecule has 2 heteroatoms. The number of nitrogens with zero attached hydrogens (tertiary/aromatic N) is 2. The maximum Gasteiger partial charge on any atom is 0.0787 e. The summed E-state index contributed by atoms with van der Waals surface area (Å²) in [5.74, 6) is 0.635. The van der Waals surface area contributed by atoms with Crippen LogP contribution in [-0.4, -0.2) is 9.97 Å². The zero-order valence-corrected chi connectivity index (χ0v) is 19.4. The van der Waals surface area contributed by atoms with Gasteiger partial charge in [0.05, 0.1) is 11.2 Å². The van der Waals surface area contributed by atoms with E-state index in [0.29, 0.717) is 11.3 Å². The van der Waals surface area contributed by atoms with Crippen molar-refractivity contribution in [2.45, 2.75) is 66.2 Å². The second-order valence-electron chi connectivity index (χ2n) is 10.4. The fourth-order valence-electron chi connectivity index (χ4n) is 5.49. The number of fused-ring (bicyclic) bond motifs is 3. The first kappa shape index (κ1) is 20.2. The fourth-order valence-corrected chi connectivity index (χ4v) is 5.49. The minimum absolute atomic E-state index is 0.480. The van der Waals surface area contributed by atoms with Crippen molar-refractivity contribution in [2.24, 2.45) is 5.41 Å². The molecule has 0 bridgehead atoms. The molecule has 31 heavy (non-hydrogen) atoms. The summed E-state index contributed by atoms with van der Waals surface area (Å²) < 4.78 is 0. The van der Waals surface area contributed by atoms with Crippen molar-refractivity contribution in [3.05, 3.63) is 71.0 Å². The Labute approximate surface area is 185 Å². The quantitative estimate of drug-likeness (QED) is 0.313. The summed E-state index contributed by atoms with van der Waals surface area (Å²) in [6.45, 7) is 11.3. The van der Waals surface area contributed by atoms with Gasteiger partial charge < -0.3 is 0 Å². The molecule has 0 unspecified atom stereocenters. The zero-order valence-electron chi connectivity index (χ0n) is 19.4. The molecule has 2 aromatic carbocycles. The monoisotopic (exact) mass is 408 g/mol. The highest BCUT2D eigenvalue weighted by atomic mass is 14.7. The topological polar surface area (TPSA) is 25.8 Å². The molecule has 0 saturated heterocycles. The van der Waals surface area contributed by atoms with Crippen LogP contribution in [0.15, 0.2) is 48.7 Å². The maximum atomic E-state index is 5.03. The number of hydrogen-bond acceptors (Lipinski definition) is 2. The van der Waals surface area contributed by atoms with Gasteiger partial charge in [-0.1, -0.05) is 43.2 Å². The number of aromatic nitrogens is 2. The number of aryl methyl sites for hydroxylation is 3. The molecule has 0 aliphatic heterocycles. The lowest BCUT2D eigenvalue weighted by atomic mass is 9.71. The second-order valence-corrected chi connectivity index (χ2v) is 10.4. The van der Waals surface area contributed by atoms with Crippen molar-refractivity contribution < 1.29 is 0 Å². The van der Waals surface area contributed by atoms with Crippen LogP contribution in [0.3, 0.4) is 0 Å². The van der Waals surface area contributed by atoms with Gasteiger partial charge in [-0.15, -0.1) is 0 Å². The molecule has 1 fully saturated rings. The number of benzene rings is 2. The van der Waals surface area contributed by atoms with Gasteiger partial charge in [-0.3, -0.25) is 9.97 Å². The van der Waals surface area contributed by atoms with Crippen LogP contribution in [0.25, 0.3) is 32.9 Å². The van der Waals surface area contributed by atoms with E-state index in [1.807, 2.05) is 6.20 Å². The Morgan fingerprint density at radius 3 is 2.19 bits per heavy atom. The van der Waals surface area contributed by atoms with Gasteiger partial charge in [0.1, 0.15) is 0 Å². The van der Waals surface area contributed by atoms with Crippen LogP contribution in [0, 0.1) is 26.2 Å². The van der Waals surface area contributed by atoms with Gasteiger partial charge in [-0.05, 0) is 87.6 Å². The normalized spacial score (nSPS) is 16.8. The first-order valence-corrected chi connectivity index (χ1v) is 11.6. The molecule has 2 aromatic heterocycles. The van der Waals surface area contributed by atoms with Gasteiger partial charge in [-0.25, -0.2) is 0 Å². The molecule has 0 amide bonds. The van der Waals surface area contributed by atoms with E-state index in [0.717, 1.165) is 16.9 Å². The van der Waals surface area contributed by atoms with E-state index in [1.54, 1.807) is 0 Å². The van der Waals surface area contributed by atoms with E-state index < -0.39 is 0 Å². The Balaban J connectivity index is 1.70. The van der Waals surface area contributed by atoms with Gasteiger partial charge in [0.15, 0.2) is 0 Å². The number of pyridine rings is 2. The van der Waals surface area contributed by atoms with Crippen molar-refractivity contribution in [1.82, 2.24) is 9.97 Å². The summed E-state index contributed by atoms with van der Waals surface area (Å²) in [5, 5.41) is 3.72. The van der Waals surface area contributed by atoms with Crippen LogP contribution in [0.1, 0.15) is 67.8 Å². The average molecular weight is 409 g/mol. The summed E-state index contributed by atoms with van der Waals surface area (Å²) >= 11 is 0. The lowest BCUT2D eigenvalue weighted by Crippen LogP contribution is -2.20. The van der Waals surface area contributed by atoms with Crippen molar-refractivity contribution >= 4 is 21.7 Å². The van der Waals surface area contributed by atoms with Gasteiger partial charge >= 0.3 is 0 Å². The minimum atomic E-state index is 0.480. The zero-order chi connectivity index (χ0) is 21.8. The molecule has 5 rings (SSSR count). The largest absolute Gasteiger partial charge is 0.256 e. The van der Waals surface area contributed by atoms with Crippen molar-refractivity contribution in [2.75, 3.05) is 0 Å². The molecule has 0 N–H and O–H groups in total. The summed E-state index contributed by atoms with van der Waals surface area (Å²) in [4.78, 5) is 9.82. The summed E-state index contributed by atoms with van der Waals surface area (Å²) in [5.41, 5.74) is 8.99. The summed E-state index contributed by atoms with van der Waals surface area (Å²) in [6, 6.07) is 15.7. The Kier molecular flexibility index (Phi) is 4.84. The highest BCUT2D eigenvalue weighted by Gasteiger charge is 2.29. The Morgan fingerprint density at radius 1 is 0.806 bits per heavy atom. The smallest absolute Gasteiger partial charge is 0.0787 e. The molecule has 0 atom stereocenters. The Morgan fingerprint density at radius 2 is 1.48 bits per heavy atom. The van der Waals surface area contributed by atoms with Crippen LogP contribution >= 0.6 is 0 Å². The fraction of sp³-hybridized carbons (Fsp3) is 0.379. The predicted octanol–water partition coefficient (Wildman–Crippen LogP) is 8.06.